The van der Waals surface area contributed by atoms with Crippen molar-refractivity contribution in [2.45, 2.75) is 19.1 Å². The van der Waals surface area contributed by atoms with Gasteiger partial charge in [-0.2, -0.15) is 0 Å². The van der Waals surface area contributed by atoms with Gasteiger partial charge in [0.1, 0.15) is 4.91 Å². The van der Waals surface area contributed by atoms with Gasteiger partial charge in [-0.05, 0) is 13.8 Å². The number of aliphatic hydroxyl groups excluding tert-OH is 1. The second-order valence-corrected chi connectivity index (χ2v) is 4.13. The summed E-state index contributed by atoms with van der Waals surface area (Å²) >= 11 is 0.654. The summed E-state index contributed by atoms with van der Waals surface area (Å²) in [5.74, 6) is -3.13. The largest absolute Gasteiger partial charge is 0.503 e. The summed E-state index contributed by atoms with van der Waals surface area (Å²) in [6.45, 7) is 3.44. The molecule has 1 aliphatic heterocycles. The summed E-state index contributed by atoms with van der Waals surface area (Å²) in [4.78, 5) is 34.0. The number of Topliss-reactive ketones (excluding diaryl/α,β-unsaturated/α-hetero) is 1. The van der Waals surface area contributed by atoms with Crippen LogP contribution >= 0.6 is 11.8 Å². The van der Waals surface area contributed by atoms with Crippen LogP contribution in [-0.4, -0.2) is 41.3 Å². The topological polar surface area (TPSA) is 89.9 Å². The van der Waals surface area contributed by atoms with E-state index in [1.54, 1.807) is 13.8 Å². The molecule has 94 valence electrons. The Labute approximate surface area is 102 Å². The predicted octanol–water partition coefficient (Wildman–Crippen LogP) is 0.567. The van der Waals surface area contributed by atoms with E-state index >= 15 is 0 Å². The normalized spacial score (nSPS) is 19.4. The molecule has 1 aliphatic rings. The van der Waals surface area contributed by atoms with Gasteiger partial charge in [-0.15, -0.1) is 0 Å². The molecule has 0 saturated carbocycles. The number of esters is 2. The minimum atomic E-state index is -1.21. The molecule has 0 aromatic heterocycles. The lowest BCUT2D eigenvalue weighted by Crippen LogP contribution is -2.26. The van der Waals surface area contributed by atoms with Crippen LogP contribution in [0.2, 0.25) is 0 Å². The molecule has 0 spiro atoms. The highest BCUT2D eigenvalue weighted by Crippen LogP contribution is 2.35. The van der Waals surface area contributed by atoms with Crippen LogP contribution in [0.5, 0.6) is 0 Å². The summed E-state index contributed by atoms with van der Waals surface area (Å²) in [5.41, 5.74) is 0. The van der Waals surface area contributed by atoms with Gasteiger partial charge >= 0.3 is 11.9 Å². The number of rotatable bonds is 4. The summed E-state index contributed by atoms with van der Waals surface area (Å²) in [6, 6.07) is 0. The first-order chi connectivity index (χ1) is 8.02. The number of thioether (sulfide) groups is 1. The van der Waals surface area contributed by atoms with Crippen LogP contribution < -0.4 is 0 Å². The van der Waals surface area contributed by atoms with Crippen molar-refractivity contribution in [3.63, 3.8) is 0 Å². The van der Waals surface area contributed by atoms with Crippen LogP contribution in [0, 0.1) is 0 Å². The van der Waals surface area contributed by atoms with Crippen LogP contribution in [0.4, 0.5) is 0 Å². The Morgan fingerprint density at radius 3 is 2.41 bits per heavy atom. The molecule has 0 amide bonds. The number of ether oxygens (including phenoxy) is 2. The second kappa shape index (κ2) is 5.72. The Kier molecular flexibility index (Phi) is 4.56. The molecule has 0 radical (unpaired) electrons. The van der Waals surface area contributed by atoms with Crippen molar-refractivity contribution in [3.8, 4) is 0 Å². The summed E-state index contributed by atoms with van der Waals surface area (Å²) in [6.07, 6.45) is 0. The van der Waals surface area contributed by atoms with Gasteiger partial charge in [-0.1, -0.05) is 11.8 Å². The number of carbonyl (C=O) groups is 3. The minimum absolute atomic E-state index is 0.119. The SMILES string of the molecule is CCOC(=O)C1=C(O)C(=O)C(C(=O)OCC)S1. The second-order valence-electron chi connectivity index (χ2n) is 3.01. The molecular weight excluding hydrogens is 248 g/mol. The van der Waals surface area contributed by atoms with Gasteiger partial charge in [-0.25, -0.2) is 4.79 Å². The highest BCUT2D eigenvalue weighted by atomic mass is 32.2. The predicted molar refractivity (Wildman–Crippen MR) is 59.3 cm³/mol. The van der Waals surface area contributed by atoms with E-state index in [4.69, 9.17) is 0 Å². The monoisotopic (exact) mass is 260 g/mol. The van der Waals surface area contributed by atoms with Gasteiger partial charge in [0.2, 0.25) is 5.78 Å². The maximum Gasteiger partial charge on any atom is 0.348 e. The molecule has 0 aliphatic carbocycles. The molecule has 0 aromatic carbocycles. The molecule has 0 aromatic rings. The fourth-order valence-corrected chi connectivity index (χ4v) is 2.16. The molecule has 0 saturated heterocycles. The number of carbonyl (C=O) groups excluding carboxylic acids is 3. The number of aliphatic hydroxyl groups is 1. The molecule has 1 heterocycles. The van der Waals surface area contributed by atoms with Crippen LogP contribution in [0.1, 0.15) is 13.8 Å². The van der Waals surface area contributed by atoms with E-state index in [1.165, 1.54) is 0 Å². The average molecular weight is 260 g/mol. The molecule has 6 nitrogen and oxygen atoms in total. The van der Waals surface area contributed by atoms with Gasteiger partial charge in [0, 0.05) is 0 Å². The molecule has 1 N–H and O–H groups in total. The van der Waals surface area contributed by atoms with Crippen LogP contribution in [0.25, 0.3) is 0 Å². The molecule has 7 heteroatoms. The van der Waals surface area contributed by atoms with Crippen molar-refractivity contribution in [2.24, 2.45) is 0 Å². The van der Waals surface area contributed by atoms with E-state index in [0.717, 1.165) is 0 Å². The molecule has 1 atom stereocenters. The third kappa shape index (κ3) is 2.79. The van der Waals surface area contributed by atoms with Crippen molar-refractivity contribution >= 4 is 29.5 Å². The number of hydrogen-bond acceptors (Lipinski definition) is 7. The van der Waals surface area contributed by atoms with Crippen LogP contribution in [0.3, 0.4) is 0 Å². The zero-order chi connectivity index (χ0) is 13.0. The standard InChI is InChI=1S/C10H12O6S/c1-3-15-9(13)7-5(11)6(12)8(17-7)10(14)16-4-2/h7,12H,3-4H2,1-2H3. The van der Waals surface area contributed by atoms with Gasteiger partial charge in [0.05, 0.1) is 13.2 Å². The number of hydrogen-bond donors (Lipinski definition) is 1. The Morgan fingerprint density at radius 2 is 1.88 bits per heavy atom. The summed E-state index contributed by atoms with van der Waals surface area (Å²) < 4.78 is 9.31. The van der Waals surface area contributed by atoms with Crippen molar-refractivity contribution in [1.29, 1.82) is 0 Å². The first-order valence-corrected chi connectivity index (χ1v) is 5.88. The zero-order valence-corrected chi connectivity index (χ0v) is 10.2. The first kappa shape index (κ1) is 13.6. The fraction of sp³-hybridized carbons (Fsp3) is 0.500. The molecular formula is C10H12O6S. The van der Waals surface area contributed by atoms with Crippen LogP contribution in [0.15, 0.2) is 10.7 Å². The van der Waals surface area contributed by atoms with Crippen molar-refractivity contribution in [1.82, 2.24) is 0 Å². The maximum atomic E-state index is 11.5. The van der Waals surface area contributed by atoms with Crippen molar-refractivity contribution < 1.29 is 29.0 Å². The highest BCUT2D eigenvalue weighted by molar-refractivity contribution is 8.06. The van der Waals surface area contributed by atoms with E-state index in [0.29, 0.717) is 11.8 Å². The third-order valence-electron chi connectivity index (χ3n) is 1.88. The van der Waals surface area contributed by atoms with Gasteiger partial charge in [0.25, 0.3) is 0 Å². The Hall–Kier alpha value is -1.50. The lowest BCUT2D eigenvalue weighted by atomic mass is 10.2. The lowest BCUT2D eigenvalue weighted by molar-refractivity contribution is -0.144. The van der Waals surface area contributed by atoms with Crippen LogP contribution in [-0.2, 0) is 23.9 Å². The van der Waals surface area contributed by atoms with Crippen molar-refractivity contribution in [3.05, 3.63) is 10.7 Å². The molecule has 1 unspecified atom stereocenters. The first-order valence-electron chi connectivity index (χ1n) is 5.00. The maximum absolute atomic E-state index is 11.5. The van der Waals surface area contributed by atoms with E-state index in [-0.39, 0.29) is 18.1 Å². The third-order valence-corrected chi connectivity index (χ3v) is 3.12. The van der Waals surface area contributed by atoms with Gasteiger partial charge < -0.3 is 14.6 Å². The van der Waals surface area contributed by atoms with E-state index in [2.05, 4.69) is 9.47 Å². The molecule has 0 bridgehead atoms. The molecule has 17 heavy (non-hydrogen) atoms. The Bertz CT molecular complexity index is 386. The van der Waals surface area contributed by atoms with E-state index in [1.807, 2.05) is 0 Å². The van der Waals surface area contributed by atoms with Gasteiger partial charge in [-0.3, -0.25) is 9.59 Å². The van der Waals surface area contributed by atoms with Crippen molar-refractivity contribution in [2.75, 3.05) is 13.2 Å². The van der Waals surface area contributed by atoms with E-state index in [9.17, 15) is 19.5 Å². The number of allylic oxidation sites excluding steroid dienone is 1. The Balaban J connectivity index is 2.81. The smallest absolute Gasteiger partial charge is 0.348 e. The fourth-order valence-electron chi connectivity index (χ4n) is 1.18. The molecule has 1 rings (SSSR count). The number of ketones is 1. The Morgan fingerprint density at radius 1 is 1.29 bits per heavy atom. The highest BCUT2D eigenvalue weighted by Gasteiger charge is 2.43. The molecule has 0 fully saturated rings. The summed E-state index contributed by atoms with van der Waals surface area (Å²) in [7, 11) is 0. The zero-order valence-electron chi connectivity index (χ0n) is 9.39. The quantitative estimate of drug-likeness (QED) is 0.583. The van der Waals surface area contributed by atoms with Gasteiger partial charge in [0.15, 0.2) is 11.0 Å². The average Bonchev–Trinajstić information content (AvgIpc) is 2.57. The van der Waals surface area contributed by atoms with E-state index < -0.39 is 28.7 Å². The minimum Gasteiger partial charge on any atom is -0.503 e. The lowest BCUT2D eigenvalue weighted by Gasteiger charge is -2.06. The summed E-state index contributed by atoms with van der Waals surface area (Å²) in [5, 5.41) is 8.23.